The minimum atomic E-state index is -1.80. The second-order valence-corrected chi connectivity index (χ2v) is 5.65. The number of carbonyl (C=O) groups is 2. The molecule has 2 atom stereocenters. The van der Waals surface area contributed by atoms with Gasteiger partial charge >= 0.3 is 5.97 Å². The third kappa shape index (κ3) is 4.71. The molecule has 2 N–H and O–H groups in total. The Morgan fingerprint density at radius 2 is 2.04 bits per heavy atom. The van der Waals surface area contributed by atoms with Gasteiger partial charge in [0.05, 0.1) is 18.1 Å². The van der Waals surface area contributed by atoms with Crippen LogP contribution in [0.5, 0.6) is 0 Å². The van der Waals surface area contributed by atoms with Crippen LogP contribution in [0.3, 0.4) is 0 Å². The Balaban J connectivity index is 3.21. The van der Waals surface area contributed by atoms with E-state index in [1.165, 1.54) is 6.92 Å². The van der Waals surface area contributed by atoms with Crippen molar-refractivity contribution in [3.63, 3.8) is 0 Å². The number of hydrogen-bond donors (Lipinski definition) is 2. The number of nitro groups is 1. The van der Waals surface area contributed by atoms with Crippen LogP contribution in [0.15, 0.2) is 12.1 Å². The molecular weight excluding hydrogens is 333 g/mol. The van der Waals surface area contributed by atoms with Crippen molar-refractivity contribution >= 4 is 28.5 Å². The molecule has 126 valence electrons. The fraction of sp³-hybridized carbons (Fsp3) is 0.385. The molecule has 0 aliphatic carbocycles. The summed E-state index contributed by atoms with van der Waals surface area (Å²) in [6, 6.07) is 1.22. The van der Waals surface area contributed by atoms with Crippen molar-refractivity contribution in [3.05, 3.63) is 39.2 Å². The molecule has 0 radical (unpaired) electrons. The number of nitrogens with zero attached hydrogens (tertiary/aromatic N) is 1. The Morgan fingerprint density at radius 1 is 1.43 bits per heavy atom. The van der Waals surface area contributed by atoms with Gasteiger partial charge in [-0.2, -0.15) is 0 Å². The van der Waals surface area contributed by atoms with Gasteiger partial charge in [-0.25, -0.2) is 9.18 Å². The summed E-state index contributed by atoms with van der Waals surface area (Å²) < 4.78 is 18.4. The third-order valence-electron chi connectivity index (χ3n) is 2.86. The van der Waals surface area contributed by atoms with Gasteiger partial charge in [0.15, 0.2) is 5.12 Å². The highest BCUT2D eigenvalue weighted by molar-refractivity contribution is 8.13. The molecule has 8 nitrogen and oxygen atoms in total. The average Bonchev–Trinajstić information content (AvgIpc) is 2.50. The number of esters is 1. The van der Waals surface area contributed by atoms with Crippen LogP contribution in [0.25, 0.3) is 0 Å². The molecule has 0 saturated carbocycles. The number of nitro benzene ring substituents is 1. The summed E-state index contributed by atoms with van der Waals surface area (Å²) in [5, 5.41) is 30.3. The average molecular weight is 347 g/mol. The highest BCUT2D eigenvalue weighted by Crippen LogP contribution is 2.29. The van der Waals surface area contributed by atoms with E-state index in [0.717, 1.165) is 7.11 Å². The van der Waals surface area contributed by atoms with Gasteiger partial charge in [0.25, 0.3) is 5.69 Å². The predicted molar refractivity (Wildman–Crippen MR) is 78.5 cm³/mol. The predicted octanol–water partition coefficient (Wildman–Crippen LogP) is 1.19. The second kappa shape index (κ2) is 7.99. The lowest BCUT2D eigenvalue weighted by molar-refractivity contribution is -0.385. The number of hydrogen-bond acceptors (Lipinski definition) is 8. The SMILES string of the molecule is COC(=O)c1cc(F)c(C(O)C(O)CSC(C)=O)cc1[N+](=O)[O-]. The summed E-state index contributed by atoms with van der Waals surface area (Å²) in [4.78, 5) is 32.3. The molecule has 1 aromatic rings. The van der Waals surface area contributed by atoms with Crippen molar-refractivity contribution in [2.75, 3.05) is 12.9 Å². The van der Waals surface area contributed by atoms with Gasteiger partial charge in [-0.3, -0.25) is 14.9 Å². The number of thioether (sulfide) groups is 1. The summed E-state index contributed by atoms with van der Waals surface area (Å²) in [5.74, 6) is -2.44. The molecule has 10 heteroatoms. The van der Waals surface area contributed by atoms with E-state index in [9.17, 15) is 34.3 Å². The Labute approximate surface area is 134 Å². The fourth-order valence-corrected chi connectivity index (χ4v) is 2.32. The van der Waals surface area contributed by atoms with Gasteiger partial charge in [-0.15, -0.1) is 0 Å². The van der Waals surface area contributed by atoms with Crippen molar-refractivity contribution in [3.8, 4) is 0 Å². The summed E-state index contributed by atoms with van der Waals surface area (Å²) in [7, 11) is 0.982. The Kier molecular flexibility index (Phi) is 6.61. The topological polar surface area (TPSA) is 127 Å². The van der Waals surface area contributed by atoms with E-state index in [2.05, 4.69) is 4.74 Å². The van der Waals surface area contributed by atoms with Gasteiger partial charge in [0.1, 0.15) is 17.5 Å². The lowest BCUT2D eigenvalue weighted by Gasteiger charge is -2.18. The maximum Gasteiger partial charge on any atom is 0.344 e. The van der Waals surface area contributed by atoms with E-state index in [-0.39, 0.29) is 10.9 Å². The zero-order valence-electron chi connectivity index (χ0n) is 12.2. The van der Waals surface area contributed by atoms with Gasteiger partial charge in [-0.1, -0.05) is 11.8 Å². The van der Waals surface area contributed by atoms with Gasteiger partial charge in [0.2, 0.25) is 0 Å². The summed E-state index contributed by atoms with van der Waals surface area (Å²) >= 11 is 0.711. The maximum atomic E-state index is 14.0. The molecule has 1 aromatic carbocycles. The first kappa shape index (κ1) is 19.0. The number of benzene rings is 1. The molecular formula is C13H14FNO7S. The Bertz CT molecular complexity index is 637. The lowest BCUT2D eigenvalue weighted by Crippen LogP contribution is -2.23. The molecule has 0 aliphatic heterocycles. The van der Waals surface area contributed by atoms with Crippen LogP contribution < -0.4 is 0 Å². The van der Waals surface area contributed by atoms with Gasteiger partial charge < -0.3 is 14.9 Å². The molecule has 0 fully saturated rings. The van der Waals surface area contributed by atoms with Crippen molar-refractivity contribution < 1.29 is 33.9 Å². The van der Waals surface area contributed by atoms with Crippen LogP contribution in [-0.4, -0.2) is 45.2 Å². The number of carbonyl (C=O) groups excluding carboxylic acids is 2. The largest absolute Gasteiger partial charge is 0.465 e. The van der Waals surface area contributed by atoms with E-state index in [4.69, 9.17) is 0 Å². The van der Waals surface area contributed by atoms with Crippen molar-refractivity contribution in [2.45, 2.75) is 19.1 Å². The zero-order chi connectivity index (χ0) is 17.7. The summed E-state index contributed by atoms with van der Waals surface area (Å²) in [6.07, 6.45) is -3.32. The molecule has 2 unspecified atom stereocenters. The van der Waals surface area contributed by atoms with Crippen LogP contribution in [0.1, 0.15) is 28.9 Å². The molecule has 0 spiro atoms. The Morgan fingerprint density at radius 3 is 2.52 bits per heavy atom. The van der Waals surface area contributed by atoms with Crippen LogP contribution in [-0.2, 0) is 9.53 Å². The van der Waals surface area contributed by atoms with E-state index in [1.807, 2.05) is 0 Å². The molecule has 0 aromatic heterocycles. The molecule has 1 rings (SSSR count). The minimum Gasteiger partial charge on any atom is -0.465 e. The number of rotatable bonds is 6. The van der Waals surface area contributed by atoms with Crippen molar-refractivity contribution in [2.24, 2.45) is 0 Å². The van der Waals surface area contributed by atoms with Crippen LogP contribution in [0.4, 0.5) is 10.1 Å². The minimum absolute atomic E-state index is 0.220. The van der Waals surface area contributed by atoms with Crippen molar-refractivity contribution in [1.29, 1.82) is 0 Å². The first-order valence-electron chi connectivity index (χ1n) is 6.24. The van der Waals surface area contributed by atoms with E-state index < -0.39 is 45.7 Å². The maximum absolute atomic E-state index is 14.0. The lowest BCUT2D eigenvalue weighted by atomic mass is 10.0. The fourth-order valence-electron chi connectivity index (χ4n) is 1.73. The monoisotopic (exact) mass is 347 g/mol. The molecule has 23 heavy (non-hydrogen) atoms. The number of methoxy groups -OCH3 is 1. The first-order valence-corrected chi connectivity index (χ1v) is 7.23. The first-order chi connectivity index (χ1) is 10.7. The molecule has 0 amide bonds. The smallest absolute Gasteiger partial charge is 0.344 e. The molecule has 0 heterocycles. The highest BCUT2D eigenvalue weighted by atomic mass is 32.2. The number of aliphatic hydroxyl groups excluding tert-OH is 2. The number of ether oxygens (including phenoxy) is 1. The zero-order valence-corrected chi connectivity index (χ0v) is 13.0. The highest BCUT2D eigenvalue weighted by Gasteiger charge is 2.29. The van der Waals surface area contributed by atoms with E-state index in [1.54, 1.807) is 0 Å². The van der Waals surface area contributed by atoms with Gasteiger partial charge in [-0.05, 0) is 6.07 Å². The molecule has 0 saturated heterocycles. The normalized spacial score (nSPS) is 13.3. The number of halogens is 1. The Hall–Kier alpha value is -2.04. The molecule has 0 bridgehead atoms. The second-order valence-electron chi connectivity index (χ2n) is 4.45. The third-order valence-corrected chi connectivity index (χ3v) is 3.77. The standard InChI is InChI=1S/C13H14FNO7S/c1-6(16)23-5-11(17)12(18)7-4-10(15(20)21)8(3-9(7)14)13(19)22-2/h3-4,11-12,17-18H,5H2,1-2H3. The van der Waals surface area contributed by atoms with Crippen LogP contribution in [0.2, 0.25) is 0 Å². The van der Waals surface area contributed by atoms with E-state index in [0.29, 0.717) is 23.9 Å². The number of aliphatic hydroxyl groups is 2. The summed E-state index contributed by atoms with van der Waals surface area (Å²) in [6.45, 7) is 1.25. The van der Waals surface area contributed by atoms with Crippen molar-refractivity contribution in [1.82, 2.24) is 0 Å². The van der Waals surface area contributed by atoms with Gasteiger partial charge in [0, 0.05) is 24.3 Å². The van der Waals surface area contributed by atoms with Crippen LogP contribution in [0, 0.1) is 15.9 Å². The molecule has 0 aliphatic rings. The van der Waals surface area contributed by atoms with E-state index >= 15 is 0 Å². The van der Waals surface area contributed by atoms with Crippen LogP contribution >= 0.6 is 11.8 Å². The summed E-state index contributed by atoms with van der Waals surface area (Å²) in [5.41, 5.74) is -1.93. The quantitative estimate of drug-likeness (QED) is 0.446.